The van der Waals surface area contributed by atoms with Crippen molar-refractivity contribution in [3.63, 3.8) is 0 Å². The van der Waals surface area contributed by atoms with Crippen molar-refractivity contribution < 1.29 is 9.53 Å². The lowest BCUT2D eigenvalue weighted by Gasteiger charge is -2.08. The Morgan fingerprint density at radius 2 is 1.96 bits per heavy atom. The Morgan fingerprint density at radius 3 is 2.71 bits per heavy atom. The minimum atomic E-state index is -0.339. The number of benzene rings is 2. The van der Waals surface area contributed by atoms with Crippen LogP contribution in [0.3, 0.4) is 0 Å². The van der Waals surface area contributed by atoms with Gasteiger partial charge in [-0.25, -0.2) is 9.97 Å². The second-order valence-electron chi connectivity index (χ2n) is 5.58. The van der Waals surface area contributed by atoms with Crippen LogP contribution in [0.2, 0.25) is 0 Å². The molecule has 7 nitrogen and oxygen atoms in total. The Bertz CT molecular complexity index is 1000. The molecule has 0 atom stereocenters. The van der Waals surface area contributed by atoms with Crippen molar-refractivity contribution in [1.82, 2.24) is 9.97 Å². The Morgan fingerprint density at radius 1 is 1.18 bits per heavy atom. The zero-order valence-corrected chi connectivity index (χ0v) is 15.9. The summed E-state index contributed by atoms with van der Waals surface area (Å²) in [6.07, 6.45) is 1.51. The summed E-state index contributed by atoms with van der Waals surface area (Å²) in [5, 5.41) is 15.1. The van der Waals surface area contributed by atoms with Gasteiger partial charge in [-0.15, -0.1) is 0 Å². The number of nitriles is 1. The fourth-order valence-electron chi connectivity index (χ4n) is 2.29. The van der Waals surface area contributed by atoms with Crippen molar-refractivity contribution in [3.8, 4) is 11.8 Å². The predicted molar refractivity (Wildman–Crippen MR) is 108 cm³/mol. The lowest BCUT2D eigenvalue weighted by molar-refractivity contribution is -0.115. The van der Waals surface area contributed by atoms with E-state index in [2.05, 4.69) is 20.6 Å². The lowest BCUT2D eigenvalue weighted by Crippen LogP contribution is -2.09. The molecule has 3 aromatic rings. The number of hydrogen-bond donors (Lipinski definition) is 2. The van der Waals surface area contributed by atoms with Gasteiger partial charge in [-0.2, -0.15) is 5.26 Å². The smallest absolute Gasteiger partial charge is 0.238 e. The van der Waals surface area contributed by atoms with E-state index < -0.39 is 0 Å². The monoisotopic (exact) mass is 391 g/mol. The Balaban J connectivity index is 1.65. The number of nitrogens with zero attached hydrogens (tertiary/aromatic N) is 3. The normalized spacial score (nSPS) is 10.0. The van der Waals surface area contributed by atoms with E-state index in [4.69, 9.17) is 10.00 Å². The van der Waals surface area contributed by atoms with Crippen molar-refractivity contribution in [2.75, 3.05) is 17.7 Å². The number of hydrogen-bond acceptors (Lipinski definition) is 7. The van der Waals surface area contributed by atoms with Gasteiger partial charge in [-0.1, -0.05) is 17.8 Å². The SMILES string of the molecule is COc1cccc(Sc2ccnc(Nc3ccc(NC(=O)CC#N)cc3)n2)c1. The van der Waals surface area contributed by atoms with Gasteiger partial charge >= 0.3 is 0 Å². The van der Waals surface area contributed by atoms with Gasteiger partial charge in [0.1, 0.15) is 17.2 Å². The van der Waals surface area contributed by atoms with Gasteiger partial charge in [0.2, 0.25) is 11.9 Å². The minimum absolute atomic E-state index is 0.175. The molecule has 0 saturated carbocycles. The molecule has 0 fully saturated rings. The molecule has 0 bridgehead atoms. The maximum atomic E-state index is 11.4. The Labute approximate surface area is 166 Å². The van der Waals surface area contributed by atoms with Crippen molar-refractivity contribution in [2.45, 2.75) is 16.3 Å². The van der Waals surface area contributed by atoms with Gasteiger partial charge in [0, 0.05) is 22.5 Å². The molecule has 0 aliphatic rings. The van der Waals surface area contributed by atoms with Crippen LogP contribution in [0.4, 0.5) is 17.3 Å². The van der Waals surface area contributed by atoms with Crippen molar-refractivity contribution in [2.24, 2.45) is 0 Å². The highest BCUT2D eigenvalue weighted by Crippen LogP contribution is 2.29. The predicted octanol–water partition coefficient (Wildman–Crippen LogP) is 4.23. The topological polar surface area (TPSA) is 99.9 Å². The molecular formula is C20H17N5O2S. The molecule has 2 aromatic carbocycles. The zero-order valence-electron chi connectivity index (χ0n) is 15.0. The molecule has 0 spiro atoms. The van der Waals surface area contributed by atoms with Gasteiger partial charge in [-0.3, -0.25) is 4.79 Å². The van der Waals surface area contributed by atoms with Gasteiger partial charge < -0.3 is 15.4 Å². The second-order valence-corrected chi connectivity index (χ2v) is 6.68. The third-order valence-electron chi connectivity index (χ3n) is 3.56. The van der Waals surface area contributed by atoms with Crippen molar-refractivity contribution in [1.29, 1.82) is 5.26 Å². The highest BCUT2D eigenvalue weighted by Gasteiger charge is 2.05. The maximum absolute atomic E-state index is 11.4. The number of methoxy groups -OCH3 is 1. The molecule has 3 rings (SSSR count). The van der Waals surface area contributed by atoms with Crippen LogP contribution < -0.4 is 15.4 Å². The summed E-state index contributed by atoms with van der Waals surface area (Å²) in [5.74, 6) is 0.919. The molecule has 1 aromatic heterocycles. The second kappa shape index (κ2) is 9.39. The average molecular weight is 391 g/mol. The summed E-state index contributed by atoms with van der Waals surface area (Å²) in [6.45, 7) is 0. The molecule has 2 N–H and O–H groups in total. The number of amides is 1. The summed E-state index contributed by atoms with van der Waals surface area (Å²) >= 11 is 1.51. The Hall–Kier alpha value is -3.57. The fourth-order valence-corrected chi connectivity index (χ4v) is 3.11. The third kappa shape index (κ3) is 5.46. The molecule has 0 aliphatic carbocycles. The number of carbonyl (C=O) groups is 1. The van der Waals surface area contributed by atoms with Crippen LogP contribution in [0.1, 0.15) is 6.42 Å². The van der Waals surface area contributed by atoms with Crippen LogP contribution in [-0.4, -0.2) is 23.0 Å². The van der Waals surface area contributed by atoms with E-state index in [0.29, 0.717) is 11.6 Å². The number of aromatic nitrogens is 2. The van der Waals surface area contributed by atoms with Crippen LogP contribution in [-0.2, 0) is 4.79 Å². The first-order valence-electron chi connectivity index (χ1n) is 8.35. The molecule has 1 heterocycles. The molecular weight excluding hydrogens is 374 g/mol. The van der Waals surface area contributed by atoms with Gasteiger partial charge in [0.15, 0.2) is 0 Å². The van der Waals surface area contributed by atoms with Crippen molar-refractivity contribution >= 4 is 35.0 Å². The Kier molecular flexibility index (Phi) is 6.44. The minimum Gasteiger partial charge on any atom is -0.497 e. The number of nitrogens with one attached hydrogen (secondary N) is 2. The van der Waals surface area contributed by atoms with E-state index in [9.17, 15) is 4.79 Å². The first-order valence-corrected chi connectivity index (χ1v) is 9.17. The van der Waals surface area contributed by atoms with E-state index in [1.54, 1.807) is 37.6 Å². The summed E-state index contributed by atoms with van der Waals surface area (Å²) < 4.78 is 5.24. The first kappa shape index (κ1) is 19.2. The first-order chi connectivity index (χ1) is 13.7. The van der Waals surface area contributed by atoms with Gasteiger partial charge in [-0.05, 0) is 48.5 Å². The van der Waals surface area contributed by atoms with Crippen LogP contribution in [0, 0.1) is 11.3 Å². The number of anilines is 3. The van der Waals surface area contributed by atoms with Crippen molar-refractivity contribution in [3.05, 3.63) is 60.8 Å². The highest BCUT2D eigenvalue weighted by atomic mass is 32.2. The summed E-state index contributed by atoms with van der Waals surface area (Å²) in [6, 6.07) is 18.5. The average Bonchev–Trinajstić information content (AvgIpc) is 2.70. The molecule has 140 valence electrons. The number of rotatable bonds is 7. The van der Waals surface area contributed by atoms with E-state index >= 15 is 0 Å². The molecule has 0 unspecified atom stereocenters. The molecule has 28 heavy (non-hydrogen) atoms. The van der Waals surface area contributed by atoms with E-state index in [1.165, 1.54) is 11.8 Å². The van der Waals surface area contributed by atoms with E-state index in [-0.39, 0.29) is 12.3 Å². The highest BCUT2D eigenvalue weighted by molar-refractivity contribution is 7.99. The van der Waals surface area contributed by atoms with Crippen LogP contribution in [0.5, 0.6) is 5.75 Å². The standard InChI is InChI=1S/C20H17N5O2S/c1-27-16-3-2-4-17(13-16)28-19-10-12-22-20(25-19)24-15-7-5-14(6-8-15)23-18(26)9-11-21/h2-8,10,12-13H,9H2,1H3,(H,23,26)(H,22,24,25). The number of carbonyl (C=O) groups excluding carboxylic acids is 1. The number of ether oxygens (including phenoxy) is 1. The van der Waals surface area contributed by atoms with Gasteiger partial charge in [0.25, 0.3) is 0 Å². The third-order valence-corrected chi connectivity index (χ3v) is 4.48. The fraction of sp³-hybridized carbons (Fsp3) is 0.100. The van der Waals surface area contributed by atoms with Crippen LogP contribution in [0.25, 0.3) is 0 Å². The summed E-state index contributed by atoms with van der Waals surface area (Å²) in [5.41, 5.74) is 1.40. The van der Waals surface area contributed by atoms with Crippen LogP contribution in [0.15, 0.2) is 70.7 Å². The quantitative estimate of drug-likeness (QED) is 0.581. The molecule has 1 amide bonds. The molecule has 0 radical (unpaired) electrons. The van der Waals surface area contributed by atoms with E-state index in [0.717, 1.165) is 21.4 Å². The maximum Gasteiger partial charge on any atom is 0.238 e. The largest absolute Gasteiger partial charge is 0.497 e. The molecule has 8 heteroatoms. The van der Waals surface area contributed by atoms with Gasteiger partial charge in [0.05, 0.1) is 13.2 Å². The van der Waals surface area contributed by atoms with E-state index in [1.807, 2.05) is 36.4 Å². The lowest BCUT2D eigenvalue weighted by atomic mass is 10.2. The molecule has 0 aliphatic heterocycles. The summed E-state index contributed by atoms with van der Waals surface area (Å²) in [7, 11) is 1.64. The zero-order chi connectivity index (χ0) is 19.8. The molecule has 0 saturated heterocycles. The summed E-state index contributed by atoms with van der Waals surface area (Å²) in [4.78, 5) is 21.2. The van der Waals surface area contributed by atoms with Crippen LogP contribution >= 0.6 is 11.8 Å².